The number of carbonyl (C=O) groups excluding carboxylic acids is 1. The van der Waals surface area contributed by atoms with Crippen molar-refractivity contribution in [3.63, 3.8) is 0 Å². The van der Waals surface area contributed by atoms with E-state index in [0.717, 1.165) is 30.1 Å². The molecule has 1 aliphatic rings. The molecule has 8 nitrogen and oxygen atoms in total. The highest BCUT2D eigenvalue weighted by Crippen LogP contribution is 2.16. The van der Waals surface area contributed by atoms with Gasteiger partial charge in [-0.05, 0) is 12.8 Å². The molecule has 2 amide bonds. The Hall–Kier alpha value is -2.03. The van der Waals surface area contributed by atoms with E-state index in [2.05, 4.69) is 30.9 Å². The first kappa shape index (κ1) is 13.0. The number of anilines is 1. The highest BCUT2D eigenvalue weighted by atomic mass is 32.1. The fraction of sp³-hybridized carbons (Fsp3) is 0.545. The third-order valence-corrected chi connectivity index (χ3v) is 4.11. The van der Waals surface area contributed by atoms with Gasteiger partial charge in [-0.2, -0.15) is 5.10 Å². The fourth-order valence-electron chi connectivity index (χ4n) is 2.12. The van der Waals surface area contributed by atoms with Crippen molar-refractivity contribution >= 4 is 22.5 Å². The van der Waals surface area contributed by atoms with Crippen LogP contribution in [0.2, 0.25) is 0 Å². The van der Waals surface area contributed by atoms with Crippen molar-refractivity contribution in [2.24, 2.45) is 0 Å². The van der Waals surface area contributed by atoms with Crippen LogP contribution in [-0.2, 0) is 19.4 Å². The highest BCUT2D eigenvalue weighted by Gasteiger charge is 2.21. The molecule has 1 aliphatic heterocycles. The summed E-state index contributed by atoms with van der Waals surface area (Å²) in [5, 5.41) is 19.1. The summed E-state index contributed by atoms with van der Waals surface area (Å²) in [5.41, 5.74) is 0. The van der Waals surface area contributed by atoms with E-state index in [1.54, 1.807) is 6.33 Å². The van der Waals surface area contributed by atoms with Crippen molar-refractivity contribution in [1.82, 2.24) is 30.3 Å². The molecule has 20 heavy (non-hydrogen) atoms. The maximum atomic E-state index is 11.9. The highest BCUT2D eigenvalue weighted by molar-refractivity contribution is 7.15. The molecule has 3 rings (SSSR count). The van der Waals surface area contributed by atoms with Gasteiger partial charge in [0.15, 0.2) is 0 Å². The molecule has 0 aliphatic carbocycles. The number of rotatable bonds is 3. The van der Waals surface area contributed by atoms with Gasteiger partial charge in [-0.3, -0.25) is 5.32 Å². The van der Waals surface area contributed by atoms with E-state index in [1.807, 2.05) is 11.6 Å². The van der Waals surface area contributed by atoms with Gasteiger partial charge in [0.05, 0.1) is 12.6 Å². The standard InChI is InChI=1S/C11H15N7OS/c1-2-9-16-17-11(20-9)15-10(19)14-7-3-4-8-12-6-13-18(8)5-7/h6-7H,2-5H2,1H3,(H2,14,15,17,19)/t7-/m1/s1. The second-order valence-corrected chi connectivity index (χ2v) is 5.61. The summed E-state index contributed by atoms with van der Waals surface area (Å²) in [6.45, 7) is 2.65. The van der Waals surface area contributed by atoms with Crippen LogP contribution in [0.5, 0.6) is 0 Å². The number of amides is 2. The monoisotopic (exact) mass is 293 g/mol. The van der Waals surface area contributed by atoms with Gasteiger partial charge in [0.2, 0.25) is 5.13 Å². The summed E-state index contributed by atoms with van der Waals surface area (Å²) >= 11 is 1.39. The number of aromatic nitrogens is 5. The number of carbonyl (C=O) groups is 1. The summed E-state index contributed by atoms with van der Waals surface area (Å²) in [6, 6.07) is -0.194. The Morgan fingerprint density at radius 2 is 2.45 bits per heavy atom. The molecule has 0 saturated heterocycles. The lowest BCUT2D eigenvalue weighted by Gasteiger charge is -2.23. The minimum atomic E-state index is -0.252. The SMILES string of the molecule is CCc1nnc(NC(=O)N[C@@H]2CCc3ncnn3C2)s1. The summed E-state index contributed by atoms with van der Waals surface area (Å²) in [5.74, 6) is 0.972. The molecule has 0 spiro atoms. The van der Waals surface area contributed by atoms with E-state index in [4.69, 9.17) is 0 Å². The molecule has 0 unspecified atom stereocenters. The quantitative estimate of drug-likeness (QED) is 0.873. The molecule has 1 atom stereocenters. The molecule has 0 fully saturated rings. The van der Waals surface area contributed by atoms with E-state index in [9.17, 15) is 4.79 Å². The van der Waals surface area contributed by atoms with Crippen molar-refractivity contribution < 1.29 is 4.79 Å². The molecule has 2 N–H and O–H groups in total. The van der Waals surface area contributed by atoms with Crippen LogP contribution < -0.4 is 10.6 Å². The largest absolute Gasteiger partial charge is 0.333 e. The van der Waals surface area contributed by atoms with E-state index in [1.165, 1.54) is 11.3 Å². The maximum absolute atomic E-state index is 11.9. The van der Waals surface area contributed by atoms with Gasteiger partial charge in [0.25, 0.3) is 0 Å². The van der Waals surface area contributed by atoms with Crippen LogP contribution in [0.1, 0.15) is 24.2 Å². The maximum Gasteiger partial charge on any atom is 0.321 e. The molecule has 0 bridgehead atoms. The number of nitrogens with one attached hydrogen (secondary N) is 2. The smallest absolute Gasteiger partial charge is 0.321 e. The van der Waals surface area contributed by atoms with E-state index < -0.39 is 0 Å². The Labute approximate surface area is 119 Å². The number of hydrogen-bond acceptors (Lipinski definition) is 6. The van der Waals surface area contributed by atoms with Gasteiger partial charge in [0.1, 0.15) is 17.2 Å². The van der Waals surface area contributed by atoms with Crippen molar-refractivity contribution in [3.05, 3.63) is 17.2 Å². The third kappa shape index (κ3) is 2.77. The van der Waals surface area contributed by atoms with Gasteiger partial charge in [0, 0.05) is 6.42 Å². The summed E-state index contributed by atoms with van der Waals surface area (Å²) in [4.78, 5) is 16.1. The Morgan fingerprint density at radius 3 is 3.25 bits per heavy atom. The zero-order valence-electron chi connectivity index (χ0n) is 11.0. The number of aryl methyl sites for hydroxylation is 2. The topological polar surface area (TPSA) is 97.6 Å². The van der Waals surface area contributed by atoms with Crippen molar-refractivity contribution in [3.8, 4) is 0 Å². The first-order chi connectivity index (χ1) is 9.74. The average Bonchev–Trinajstić information content (AvgIpc) is 3.06. The number of fused-ring (bicyclic) bond motifs is 1. The molecule has 9 heteroatoms. The van der Waals surface area contributed by atoms with Crippen LogP contribution in [0, 0.1) is 0 Å². The summed E-state index contributed by atoms with van der Waals surface area (Å²) < 4.78 is 1.83. The minimum Gasteiger partial charge on any atom is -0.333 e. The van der Waals surface area contributed by atoms with Crippen LogP contribution in [0.4, 0.5) is 9.93 Å². The molecule has 0 radical (unpaired) electrons. The van der Waals surface area contributed by atoms with Gasteiger partial charge < -0.3 is 5.32 Å². The summed E-state index contributed by atoms with van der Waals surface area (Å²) in [7, 11) is 0. The Balaban J connectivity index is 1.54. The normalized spacial score (nSPS) is 17.6. The summed E-state index contributed by atoms with van der Waals surface area (Å²) in [6.07, 6.45) is 4.05. The lowest BCUT2D eigenvalue weighted by molar-refractivity contribution is 0.243. The first-order valence-electron chi connectivity index (χ1n) is 6.51. The van der Waals surface area contributed by atoms with Crippen LogP contribution >= 0.6 is 11.3 Å². The molecule has 2 aromatic heterocycles. The van der Waals surface area contributed by atoms with E-state index in [0.29, 0.717) is 11.7 Å². The molecule has 0 aromatic carbocycles. The van der Waals surface area contributed by atoms with Crippen molar-refractivity contribution in [2.75, 3.05) is 5.32 Å². The van der Waals surface area contributed by atoms with Crippen molar-refractivity contribution in [1.29, 1.82) is 0 Å². The predicted molar refractivity (Wildman–Crippen MR) is 73.6 cm³/mol. The second-order valence-electron chi connectivity index (χ2n) is 4.55. The first-order valence-corrected chi connectivity index (χ1v) is 7.33. The molecule has 106 valence electrons. The Morgan fingerprint density at radius 1 is 1.55 bits per heavy atom. The van der Waals surface area contributed by atoms with Gasteiger partial charge in [-0.25, -0.2) is 14.5 Å². The molecule has 3 heterocycles. The van der Waals surface area contributed by atoms with Gasteiger partial charge in [-0.1, -0.05) is 18.3 Å². The van der Waals surface area contributed by atoms with Crippen LogP contribution in [0.3, 0.4) is 0 Å². The van der Waals surface area contributed by atoms with Gasteiger partial charge in [-0.15, -0.1) is 10.2 Å². The fourth-order valence-corrected chi connectivity index (χ4v) is 2.80. The minimum absolute atomic E-state index is 0.0581. The van der Waals surface area contributed by atoms with Crippen LogP contribution in [0.25, 0.3) is 0 Å². The van der Waals surface area contributed by atoms with Crippen LogP contribution in [0.15, 0.2) is 6.33 Å². The van der Waals surface area contributed by atoms with Crippen LogP contribution in [-0.4, -0.2) is 37.0 Å². The number of nitrogens with zero attached hydrogens (tertiary/aromatic N) is 5. The predicted octanol–water partition coefficient (Wildman–Crippen LogP) is 0.828. The lowest BCUT2D eigenvalue weighted by Crippen LogP contribution is -2.43. The van der Waals surface area contributed by atoms with E-state index in [-0.39, 0.29) is 12.1 Å². The average molecular weight is 293 g/mol. The Bertz CT molecular complexity index is 607. The van der Waals surface area contributed by atoms with Crippen molar-refractivity contribution in [2.45, 2.75) is 38.8 Å². The zero-order chi connectivity index (χ0) is 13.9. The molecular weight excluding hydrogens is 278 g/mol. The third-order valence-electron chi connectivity index (χ3n) is 3.13. The second kappa shape index (κ2) is 5.53. The van der Waals surface area contributed by atoms with Gasteiger partial charge >= 0.3 is 6.03 Å². The number of urea groups is 1. The van der Waals surface area contributed by atoms with E-state index >= 15 is 0 Å². The molecule has 2 aromatic rings. The number of hydrogen-bond donors (Lipinski definition) is 2. The zero-order valence-corrected chi connectivity index (χ0v) is 11.9. The molecule has 0 saturated carbocycles. The molecular formula is C11H15N7OS. The Kier molecular flexibility index (Phi) is 3.59. The lowest BCUT2D eigenvalue weighted by atomic mass is 10.1.